The topological polar surface area (TPSA) is 178 Å². The first-order valence-corrected chi connectivity index (χ1v) is 37.5. The zero-order chi connectivity index (χ0) is 73.1. The molecule has 15 rings (SSSR count). The third-order valence-electron chi connectivity index (χ3n) is 18.3. The summed E-state index contributed by atoms with van der Waals surface area (Å²) in [4.78, 5) is 48.6. The van der Waals surface area contributed by atoms with Crippen LogP contribution in [0.2, 0.25) is 40.2 Å². The Labute approximate surface area is 647 Å². The van der Waals surface area contributed by atoms with Gasteiger partial charge in [-0.05, 0) is 238 Å². The van der Waals surface area contributed by atoms with Gasteiger partial charge >= 0.3 is 0 Å². The molecule has 0 radical (unpaired) electrons. The number of carbonyl (C=O) groups excluding carboxylic acids is 3. The molecule has 16 nitrogen and oxygen atoms in total. The smallest absolute Gasteiger partial charge is 0.286 e. The molecule has 1 fully saturated rings. The molecule has 536 valence electrons. The number of nitrogens with zero attached hydrogens (tertiary/aromatic N) is 9. The molecule has 4 aromatic heterocycles. The van der Waals surface area contributed by atoms with E-state index in [1.165, 1.54) is 12.1 Å². The number of fused-ring (bicyclic) bond motifs is 3. The number of halogens is 9. The largest absolute Gasteiger partial charge is 0.379 e. The van der Waals surface area contributed by atoms with E-state index in [0.717, 1.165) is 144 Å². The summed E-state index contributed by atoms with van der Waals surface area (Å²) in [6.45, 7) is 3.03. The molecule has 0 unspecified atom stereocenters. The van der Waals surface area contributed by atoms with Gasteiger partial charge in [-0.25, -0.2) is 28.4 Å². The quantitative estimate of drug-likeness (QED) is 0.100. The summed E-state index contributed by atoms with van der Waals surface area (Å²) in [5.41, 5.74) is 18.4. The predicted molar refractivity (Wildman–Crippen MR) is 422 cm³/mol. The fourth-order valence-corrected chi connectivity index (χ4v) is 15.0. The maximum atomic E-state index is 13.5. The summed E-state index contributed by atoms with van der Waals surface area (Å²) in [5, 5.41) is 26.5. The normalized spacial score (nSPS) is 16.2. The zero-order valence-corrected chi connectivity index (χ0v) is 62.7. The standard InChI is InChI=1S/C27H21Cl3N4O.C27H23Cl3N4O.C26H25Cl2FN4O2/c28-19-10-8-17(9-11-19)15-18-5-1-2-6-21-25(27(35)32-24-7-3-4-14-31-24)33-34(26(18)21)23-13-12-20(29)16-22(23)30;28-19-7-5-17(6-8-19)15-18-3-1-2-4-22-25(27(35)32-21-11-13-31-14-12-21)33-34(26(18)22)24-10-9-20(29)16-23(24)30;27-19-7-10-23(22(28)16-19)33-25-18(15-17-5-8-20(29)9-6-17)3-1-2-4-21(25)24(30-33)26(34)31-32-11-13-35-14-12-32/h3-4,7-16H,1-2,5-6H2,(H,31,32,35);5-11,13,15-16H,1-4,12,14H2,(H,32,35);5-10,15-16H,1-4,11-14H2,(H,31,34)/b3*18-15+. The van der Waals surface area contributed by atoms with E-state index in [-0.39, 0.29) is 23.5 Å². The fourth-order valence-electron chi connectivity index (χ4n) is 13.3. The number of carbonyl (C=O) groups is 3. The highest BCUT2D eigenvalue weighted by atomic mass is 35.5. The monoisotopic (exact) mass is 1560 g/mol. The molecule has 0 spiro atoms. The summed E-state index contributed by atoms with van der Waals surface area (Å²) in [5.74, 6) is -0.601. The molecular weight excluding hydrogens is 1500 g/mol. The molecule has 2 aliphatic heterocycles. The van der Waals surface area contributed by atoms with Crippen molar-refractivity contribution in [3.8, 4) is 17.1 Å². The Bertz CT molecular complexity index is 5050. The Hall–Kier alpha value is -8.69. The molecule has 0 atom stereocenters. The number of anilines is 1. The number of rotatable bonds is 12. The SMILES string of the molecule is O=C(NC1=CC=NCC1)c1nn(-c2ccc(Cl)cc2Cl)c2c1CCCC/C2=C\c1ccc(Cl)cc1.O=C(NN1CCOCC1)c1nn(-c2ccc(Cl)cc2Cl)c2c1CCCC/C2=C\c1ccc(F)cc1.O=C(Nc1ccccn1)c1nn(-c2ccc(Cl)cc2Cl)c2c1CCCC/C2=C\c1ccc(Cl)cc1. The summed E-state index contributed by atoms with van der Waals surface area (Å²) in [6.07, 6.45) is 22.6. The second-order valence-electron chi connectivity index (χ2n) is 25.5. The van der Waals surface area contributed by atoms with Gasteiger partial charge in [0.05, 0.1) is 62.4 Å². The lowest BCUT2D eigenvalue weighted by Gasteiger charge is -2.26. The van der Waals surface area contributed by atoms with E-state index in [4.69, 9.17) is 113 Å². The number of aromatic nitrogens is 7. The fraction of sp³-hybridized carbons (Fsp3) is 0.225. The first-order valence-electron chi connectivity index (χ1n) is 34.5. The summed E-state index contributed by atoms with van der Waals surface area (Å²) >= 11 is 50.5. The minimum atomic E-state index is -0.309. The molecular formula is C80H69Cl8FN12O4. The van der Waals surface area contributed by atoms with Crippen LogP contribution in [0, 0.1) is 5.82 Å². The minimum absolute atomic E-state index is 0.223. The van der Waals surface area contributed by atoms with Crippen LogP contribution in [0.4, 0.5) is 10.2 Å². The Morgan fingerprint density at radius 1 is 0.448 bits per heavy atom. The van der Waals surface area contributed by atoms with E-state index in [9.17, 15) is 18.8 Å². The van der Waals surface area contributed by atoms with Crippen molar-refractivity contribution in [3.63, 3.8) is 0 Å². The number of amides is 3. The first kappa shape index (κ1) is 74.6. The van der Waals surface area contributed by atoms with Gasteiger partial charge in [-0.15, -0.1) is 0 Å². The molecule has 3 amide bonds. The van der Waals surface area contributed by atoms with E-state index < -0.39 is 0 Å². The van der Waals surface area contributed by atoms with Gasteiger partial charge < -0.3 is 15.4 Å². The number of ether oxygens (including phenoxy) is 1. The molecule has 25 heteroatoms. The van der Waals surface area contributed by atoms with E-state index in [1.807, 2.05) is 90.0 Å². The van der Waals surface area contributed by atoms with E-state index in [2.05, 4.69) is 38.2 Å². The van der Waals surface area contributed by atoms with Gasteiger partial charge in [-0.3, -0.25) is 24.8 Å². The number of nitrogens with one attached hydrogen (secondary N) is 3. The number of morpholine rings is 1. The van der Waals surface area contributed by atoms with Crippen molar-refractivity contribution in [2.75, 3.05) is 38.2 Å². The van der Waals surface area contributed by atoms with E-state index >= 15 is 0 Å². The van der Waals surface area contributed by atoms with Crippen LogP contribution in [0.1, 0.15) is 146 Å². The van der Waals surface area contributed by atoms with Crippen LogP contribution in [0.15, 0.2) is 169 Å². The first-order chi connectivity index (χ1) is 51.0. The van der Waals surface area contributed by atoms with Gasteiger partial charge in [-0.2, -0.15) is 15.3 Å². The zero-order valence-electron chi connectivity index (χ0n) is 56.6. The van der Waals surface area contributed by atoms with Crippen LogP contribution in [0.3, 0.4) is 0 Å². The number of hydrogen-bond donors (Lipinski definition) is 3. The lowest BCUT2D eigenvalue weighted by molar-refractivity contribution is 0.0124. The Morgan fingerprint density at radius 3 is 1.25 bits per heavy atom. The average Bonchev–Trinajstić information content (AvgIpc) is 1.63. The maximum Gasteiger partial charge on any atom is 0.286 e. The molecule has 6 heterocycles. The molecule has 0 saturated carbocycles. The van der Waals surface area contributed by atoms with Gasteiger partial charge in [0.2, 0.25) is 0 Å². The lowest BCUT2D eigenvalue weighted by Crippen LogP contribution is -2.48. The summed E-state index contributed by atoms with van der Waals surface area (Å²) in [7, 11) is 0. The molecule has 6 aromatic carbocycles. The summed E-state index contributed by atoms with van der Waals surface area (Å²) in [6, 6.07) is 43.0. The third-order valence-corrected chi connectivity index (χ3v) is 20.4. The highest BCUT2D eigenvalue weighted by Gasteiger charge is 2.33. The maximum absolute atomic E-state index is 13.5. The van der Waals surface area contributed by atoms with Crippen LogP contribution in [0.25, 0.3) is 52.0 Å². The summed E-state index contributed by atoms with van der Waals surface area (Å²) < 4.78 is 24.2. The Balaban J connectivity index is 0.000000140. The van der Waals surface area contributed by atoms with Crippen molar-refractivity contribution in [3.05, 3.63) is 277 Å². The number of allylic oxidation sites excluding steroid dienone is 4. The lowest BCUT2D eigenvalue weighted by atomic mass is 10.0. The van der Waals surface area contributed by atoms with Gasteiger partial charge in [0.1, 0.15) is 11.6 Å². The van der Waals surface area contributed by atoms with E-state index in [0.29, 0.717) is 126 Å². The van der Waals surface area contributed by atoms with Crippen molar-refractivity contribution in [2.24, 2.45) is 4.99 Å². The van der Waals surface area contributed by atoms with E-state index in [1.54, 1.807) is 87.1 Å². The molecule has 0 bridgehead atoms. The number of benzene rings is 6. The number of aliphatic imine (C=N–C) groups is 1. The molecule has 1 saturated heterocycles. The van der Waals surface area contributed by atoms with Crippen LogP contribution < -0.4 is 16.1 Å². The van der Waals surface area contributed by atoms with Gasteiger partial charge in [0, 0.05) is 86.0 Å². The second-order valence-corrected chi connectivity index (χ2v) is 28.9. The van der Waals surface area contributed by atoms with Crippen molar-refractivity contribution >= 4 is 158 Å². The minimum Gasteiger partial charge on any atom is -0.379 e. The highest BCUT2D eigenvalue weighted by Crippen LogP contribution is 2.41. The van der Waals surface area contributed by atoms with Crippen LogP contribution in [-0.2, 0) is 24.0 Å². The predicted octanol–water partition coefficient (Wildman–Crippen LogP) is 20.5. The molecule has 10 aromatic rings. The number of hydrogen-bond acceptors (Lipinski definition) is 10. The average molecular weight is 1570 g/mol. The number of dihydropyridines is 1. The second kappa shape index (κ2) is 34.7. The van der Waals surface area contributed by atoms with Crippen molar-refractivity contribution in [1.29, 1.82) is 0 Å². The van der Waals surface area contributed by atoms with Crippen molar-refractivity contribution in [2.45, 2.75) is 83.5 Å². The van der Waals surface area contributed by atoms with Gasteiger partial charge in [-0.1, -0.05) is 135 Å². The molecule has 5 aliphatic rings. The van der Waals surface area contributed by atoms with Crippen LogP contribution in [-0.4, -0.2) is 96.1 Å². The van der Waals surface area contributed by atoms with Crippen molar-refractivity contribution in [1.82, 2.24) is 50.1 Å². The Kier molecular flexibility index (Phi) is 24.6. The third kappa shape index (κ3) is 18.2. The Morgan fingerprint density at radius 2 is 0.848 bits per heavy atom. The number of pyridine rings is 1. The molecule has 3 N–H and O–H groups in total. The van der Waals surface area contributed by atoms with Crippen LogP contribution >= 0.6 is 92.8 Å². The molecule has 105 heavy (non-hydrogen) atoms. The van der Waals surface area contributed by atoms with Crippen LogP contribution in [0.5, 0.6) is 0 Å². The van der Waals surface area contributed by atoms with Crippen molar-refractivity contribution < 1.29 is 23.5 Å². The highest BCUT2D eigenvalue weighted by molar-refractivity contribution is 6.37. The van der Waals surface area contributed by atoms with Gasteiger partial charge in [0.15, 0.2) is 17.1 Å². The molecule has 3 aliphatic carbocycles. The number of hydrazine groups is 1. The van der Waals surface area contributed by atoms with Gasteiger partial charge in [0.25, 0.3) is 17.7 Å².